The minimum atomic E-state index is -0.273. The summed E-state index contributed by atoms with van der Waals surface area (Å²) in [6.07, 6.45) is 1.80. The maximum absolute atomic E-state index is 13.0. The van der Waals surface area contributed by atoms with Gasteiger partial charge in [-0.1, -0.05) is 66.5 Å². The molecule has 4 aromatic rings. The number of fused-ring (bicyclic) bond motifs is 3. The number of benzene rings is 2. The number of carbonyl (C=O) groups excluding carboxylic acids is 1. The first-order valence-electron chi connectivity index (χ1n) is 10.2. The van der Waals surface area contributed by atoms with Crippen molar-refractivity contribution >= 4 is 63.2 Å². The van der Waals surface area contributed by atoms with Crippen LogP contribution in [0, 0.1) is 6.92 Å². The number of rotatable bonds is 7. The molecule has 0 saturated heterocycles. The Morgan fingerprint density at radius 1 is 1.16 bits per heavy atom. The molecule has 0 aliphatic rings. The van der Waals surface area contributed by atoms with Crippen LogP contribution < -0.4 is 10.9 Å². The summed E-state index contributed by atoms with van der Waals surface area (Å²) in [6, 6.07) is 10.8. The summed E-state index contributed by atoms with van der Waals surface area (Å²) in [4.78, 5) is 25.6. The number of unbranched alkanes of at least 4 members (excludes halogenated alkanes) is 1. The summed E-state index contributed by atoms with van der Waals surface area (Å²) < 4.78 is 3.48. The second-order valence-electron chi connectivity index (χ2n) is 7.34. The van der Waals surface area contributed by atoms with Crippen molar-refractivity contribution < 1.29 is 4.79 Å². The van der Waals surface area contributed by atoms with Crippen molar-refractivity contribution in [2.75, 3.05) is 11.1 Å². The Hall–Kier alpha value is -2.55. The molecule has 0 bridgehead atoms. The van der Waals surface area contributed by atoms with Crippen LogP contribution in [0.2, 0.25) is 10.0 Å². The van der Waals surface area contributed by atoms with Crippen LogP contribution in [0.4, 0.5) is 5.69 Å². The lowest BCUT2D eigenvalue weighted by atomic mass is 10.2. The van der Waals surface area contributed by atoms with Gasteiger partial charge in [0, 0.05) is 6.54 Å². The second kappa shape index (κ2) is 9.52. The van der Waals surface area contributed by atoms with Crippen molar-refractivity contribution in [2.45, 2.75) is 38.4 Å². The van der Waals surface area contributed by atoms with Crippen molar-refractivity contribution in [2.24, 2.45) is 0 Å². The molecule has 166 valence electrons. The van der Waals surface area contributed by atoms with Crippen molar-refractivity contribution in [1.82, 2.24) is 19.2 Å². The highest BCUT2D eigenvalue weighted by Crippen LogP contribution is 2.33. The number of aryl methyl sites for hydroxylation is 2. The van der Waals surface area contributed by atoms with Crippen LogP contribution in [0.3, 0.4) is 0 Å². The number of nitrogens with one attached hydrogen (secondary N) is 1. The molecule has 0 aliphatic carbocycles. The van der Waals surface area contributed by atoms with Crippen molar-refractivity contribution in [3.63, 3.8) is 0 Å². The number of aromatic nitrogens is 4. The molecule has 2 aromatic carbocycles. The number of halogens is 2. The summed E-state index contributed by atoms with van der Waals surface area (Å²) in [7, 11) is 0. The van der Waals surface area contributed by atoms with Gasteiger partial charge in [-0.25, -0.2) is 0 Å². The Labute approximate surface area is 198 Å². The third kappa shape index (κ3) is 4.22. The van der Waals surface area contributed by atoms with E-state index in [0.29, 0.717) is 44.1 Å². The Balaban J connectivity index is 1.66. The predicted molar refractivity (Wildman–Crippen MR) is 130 cm³/mol. The largest absolute Gasteiger partial charge is 0.323 e. The normalized spacial score (nSPS) is 11.4. The maximum atomic E-state index is 13.0. The van der Waals surface area contributed by atoms with E-state index in [1.165, 1.54) is 11.8 Å². The standard InChI is InChI=1S/C22H21Cl2N5O2S/c1-3-4-11-28-20(31)14-7-5-6-8-16(14)29-21(28)26-27-22(29)32-12-17(30)25-19-15(23)10-9-13(2)18(19)24/h5-10H,3-4,11-12H2,1-2H3,(H,25,30). The lowest BCUT2D eigenvalue weighted by Gasteiger charge is -2.12. The molecule has 0 spiro atoms. The fourth-order valence-electron chi connectivity index (χ4n) is 3.42. The molecule has 0 unspecified atom stereocenters. The third-order valence-corrected chi connectivity index (χ3v) is 6.83. The molecule has 32 heavy (non-hydrogen) atoms. The minimum absolute atomic E-state index is 0.0732. The van der Waals surface area contributed by atoms with Crippen LogP contribution in [0.1, 0.15) is 25.3 Å². The average molecular weight is 490 g/mol. The molecule has 4 rings (SSSR count). The van der Waals surface area contributed by atoms with Crippen LogP contribution in [-0.4, -0.2) is 30.8 Å². The molecule has 0 saturated carbocycles. The smallest absolute Gasteiger partial charge is 0.262 e. The number of anilines is 1. The number of nitrogens with zero attached hydrogens (tertiary/aromatic N) is 4. The van der Waals surface area contributed by atoms with E-state index in [9.17, 15) is 9.59 Å². The highest BCUT2D eigenvalue weighted by atomic mass is 35.5. The number of amides is 1. The molecular formula is C22H21Cl2N5O2S. The molecule has 0 atom stereocenters. The van der Waals surface area contributed by atoms with Crippen LogP contribution in [-0.2, 0) is 11.3 Å². The molecule has 2 aromatic heterocycles. The highest BCUT2D eigenvalue weighted by molar-refractivity contribution is 7.99. The van der Waals surface area contributed by atoms with Gasteiger partial charge in [0.2, 0.25) is 11.7 Å². The first-order chi connectivity index (χ1) is 15.4. The molecule has 10 heteroatoms. The first-order valence-corrected chi connectivity index (χ1v) is 11.9. The monoisotopic (exact) mass is 489 g/mol. The van der Waals surface area contributed by atoms with E-state index in [1.54, 1.807) is 22.8 Å². The van der Waals surface area contributed by atoms with E-state index < -0.39 is 0 Å². The summed E-state index contributed by atoms with van der Waals surface area (Å²) in [5.74, 6) is 0.267. The zero-order valence-electron chi connectivity index (χ0n) is 17.6. The van der Waals surface area contributed by atoms with Gasteiger partial charge in [0.15, 0.2) is 5.16 Å². The molecule has 7 nitrogen and oxygen atoms in total. The molecule has 2 heterocycles. The summed E-state index contributed by atoms with van der Waals surface area (Å²) in [6.45, 7) is 4.46. The second-order valence-corrected chi connectivity index (χ2v) is 9.06. The summed E-state index contributed by atoms with van der Waals surface area (Å²) in [5.41, 5.74) is 1.83. The third-order valence-electron chi connectivity index (χ3n) is 5.09. The Bertz CT molecular complexity index is 1380. The topological polar surface area (TPSA) is 81.3 Å². The van der Waals surface area contributed by atoms with Gasteiger partial charge in [0.1, 0.15) is 0 Å². The minimum Gasteiger partial charge on any atom is -0.323 e. The fourth-order valence-corrected chi connectivity index (χ4v) is 4.63. The number of hydrogen-bond acceptors (Lipinski definition) is 5. The van der Waals surface area contributed by atoms with Gasteiger partial charge in [-0.05, 0) is 37.1 Å². The lowest BCUT2D eigenvalue weighted by molar-refractivity contribution is -0.113. The number of carbonyl (C=O) groups is 1. The van der Waals surface area contributed by atoms with Gasteiger partial charge < -0.3 is 5.32 Å². The number of thioether (sulfide) groups is 1. The van der Waals surface area contributed by atoms with Gasteiger partial charge in [-0.15, -0.1) is 10.2 Å². The molecule has 0 fully saturated rings. The van der Waals surface area contributed by atoms with Gasteiger partial charge in [-0.3, -0.25) is 18.6 Å². The van der Waals surface area contributed by atoms with Gasteiger partial charge >= 0.3 is 0 Å². The number of para-hydroxylation sites is 1. The zero-order chi connectivity index (χ0) is 22.8. The van der Waals surface area contributed by atoms with Crippen LogP contribution in [0.5, 0.6) is 0 Å². The molecule has 1 amide bonds. The van der Waals surface area contributed by atoms with Gasteiger partial charge in [0.25, 0.3) is 5.56 Å². The molecule has 0 aliphatic heterocycles. The Morgan fingerprint density at radius 3 is 2.72 bits per heavy atom. The Morgan fingerprint density at radius 2 is 1.94 bits per heavy atom. The molecular weight excluding hydrogens is 469 g/mol. The van der Waals surface area contributed by atoms with Crippen molar-refractivity contribution in [1.29, 1.82) is 0 Å². The van der Waals surface area contributed by atoms with Crippen LogP contribution in [0.25, 0.3) is 16.7 Å². The molecule has 0 radical (unpaired) electrons. The van der Waals surface area contributed by atoms with E-state index in [4.69, 9.17) is 23.2 Å². The summed E-state index contributed by atoms with van der Waals surface area (Å²) >= 11 is 13.7. The number of hydrogen-bond donors (Lipinski definition) is 1. The highest BCUT2D eigenvalue weighted by Gasteiger charge is 2.18. The maximum Gasteiger partial charge on any atom is 0.262 e. The average Bonchev–Trinajstić information content (AvgIpc) is 3.22. The van der Waals surface area contributed by atoms with E-state index >= 15 is 0 Å². The predicted octanol–water partition coefficient (Wildman–Crippen LogP) is 5.19. The fraction of sp³-hybridized carbons (Fsp3) is 0.273. The lowest BCUT2D eigenvalue weighted by Crippen LogP contribution is -2.23. The zero-order valence-corrected chi connectivity index (χ0v) is 19.9. The van der Waals surface area contributed by atoms with Crippen LogP contribution >= 0.6 is 35.0 Å². The van der Waals surface area contributed by atoms with Crippen molar-refractivity contribution in [3.8, 4) is 0 Å². The van der Waals surface area contributed by atoms with Gasteiger partial charge in [0.05, 0.1) is 32.4 Å². The quantitative estimate of drug-likeness (QED) is 0.361. The van der Waals surface area contributed by atoms with Crippen molar-refractivity contribution in [3.05, 3.63) is 62.4 Å². The van der Waals surface area contributed by atoms with Gasteiger partial charge in [-0.2, -0.15) is 0 Å². The summed E-state index contributed by atoms with van der Waals surface area (Å²) in [5, 5.41) is 13.2. The SMILES string of the molecule is CCCCn1c(=O)c2ccccc2n2c(SCC(=O)Nc3c(Cl)ccc(C)c3Cl)nnc12. The Kier molecular flexibility index (Phi) is 6.74. The van der Waals surface area contributed by atoms with E-state index in [2.05, 4.69) is 22.4 Å². The molecule has 1 N–H and O–H groups in total. The van der Waals surface area contributed by atoms with Crippen LogP contribution in [0.15, 0.2) is 46.3 Å². The first kappa shape index (κ1) is 22.6. The van der Waals surface area contributed by atoms with E-state index in [-0.39, 0.29) is 17.2 Å². The van der Waals surface area contributed by atoms with E-state index in [0.717, 1.165) is 18.4 Å². The van der Waals surface area contributed by atoms with E-state index in [1.807, 2.05) is 29.5 Å².